The normalized spacial score (nSPS) is 20.0. The second-order valence-electron chi connectivity index (χ2n) is 11.6. The van der Waals surface area contributed by atoms with E-state index in [1.807, 2.05) is 20.0 Å². The number of hydrogen-bond donors (Lipinski definition) is 1. The monoisotopic (exact) mass is 600 g/mol. The molecule has 9 nitrogen and oxygen atoms in total. The number of hydrogen-bond acceptors (Lipinski definition) is 8. The molecule has 0 unspecified atom stereocenters. The minimum Gasteiger partial charge on any atom is -0.488 e. The first kappa shape index (κ1) is 29.1. The molecule has 0 aromatic carbocycles. The van der Waals surface area contributed by atoms with Gasteiger partial charge in [-0.05, 0) is 70.1 Å². The number of pyridine rings is 3. The smallest absolute Gasteiger partial charge is 0.420 e. The Bertz CT molecular complexity index is 1510. The van der Waals surface area contributed by atoms with Gasteiger partial charge in [-0.2, -0.15) is 13.2 Å². The fourth-order valence-corrected chi connectivity index (χ4v) is 6.23. The van der Waals surface area contributed by atoms with Gasteiger partial charge in [0.25, 0.3) is 5.91 Å². The van der Waals surface area contributed by atoms with Crippen molar-refractivity contribution in [1.29, 1.82) is 0 Å². The van der Waals surface area contributed by atoms with Crippen LogP contribution in [-0.2, 0) is 6.18 Å². The first-order chi connectivity index (χ1) is 20.5. The molecular formula is C30H32F4N6O3. The Morgan fingerprint density at radius 2 is 1.98 bits per heavy atom. The molecule has 0 radical (unpaired) electrons. The molecule has 1 aliphatic carbocycles. The highest BCUT2D eigenvalue weighted by Crippen LogP contribution is 2.52. The zero-order valence-corrected chi connectivity index (χ0v) is 23.8. The van der Waals surface area contributed by atoms with Crippen molar-refractivity contribution < 1.29 is 31.8 Å². The van der Waals surface area contributed by atoms with E-state index in [4.69, 9.17) is 14.5 Å². The third kappa shape index (κ3) is 5.95. The van der Waals surface area contributed by atoms with E-state index in [1.54, 1.807) is 24.4 Å². The minimum absolute atomic E-state index is 0.0113. The summed E-state index contributed by atoms with van der Waals surface area (Å²) in [5, 5.41) is 3.08. The Labute approximate surface area is 246 Å². The fourth-order valence-electron chi connectivity index (χ4n) is 6.23. The zero-order valence-electron chi connectivity index (χ0n) is 23.8. The minimum atomic E-state index is -4.71. The average Bonchev–Trinajstić information content (AvgIpc) is 3.33. The van der Waals surface area contributed by atoms with Crippen molar-refractivity contribution >= 4 is 11.7 Å². The first-order valence-electron chi connectivity index (χ1n) is 14.3. The highest BCUT2D eigenvalue weighted by Gasteiger charge is 2.55. The molecule has 3 fully saturated rings. The molecule has 6 rings (SSSR count). The van der Waals surface area contributed by atoms with Crippen molar-refractivity contribution in [1.82, 2.24) is 25.2 Å². The summed E-state index contributed by atoms with van der Waals surface area (Å²) in [5.74, 6) is -0.882. The van der Waals surface area contributed by atoms with Gasteiger partial charge >= 0.3 is 6.18 Å². The maximum absolute atomic E-state index is 13.5. The Hall–Kier alpha value is -4.00. The molecule has 0 bridgehead atoms. The van der Waals surface area contributed by atoms with Crippen LogP contribution in [0.5, 0.6) is 11.6 Å². The number of carbonyl (C=O) groups is 1. The molecule has 43 heavy (non-hydrogen) atoms. The van der Waals surface area contributed by atoms with Crippen LogP contribution in [0.2, 0.25) is 0 Å². The molecule has 1 saturated carbocycles. The van der Waals surface area contributed by atoms with Crippen LogP contribution in [0, 0.1) is 11.2 Å². The maximum atomic E-state index is 13.5. The van der Waals surface area contributed by atoms with Gasteiger partial charge in [-0.3, -0.25) is 4.79 Å². The van der Waals surface area contributed by atoms with Crippen LogP contribution in [0.3, 0.4) is 0 Å². The fraction of sp³-hybridized carbons (Fsp3) is 0.467. The lowest BCUT2D eigenvalue weighted by Gasteiger charge is -2.59. The summed E-state index contributed by atoms with van der Waals surface area (Å²) in [4.78, 5) is 29.9. The maximum Gasteiger partial charge on any atom is 0.420 e. The number of carbonyl (C=O) groups excluding carboxylic acids is 1. The van der Waals surface area contributed by atoms with Crippen LogP contribution in [-0.4, -0.2) is 77.7 Å². The third-order valence-corrected chi connectivity index (χ3v) is 8.23. The van der Waals surface area contributed by atoms with Crippen molar-refractivity contribution in [3.63, 3.8) is 0 Å². The number of likely N-dealkylation sites (N-methyl/N-ethyl adjacent to an activating group) is 1. The highest BCUT2D eigenvalue weighted by atomic mass is 19.4. The molecular weight excluding hydrogens is 568 g/mol. The summed E-state index contributed by atoms with van der Waals surface area (Å²) in [6.07, 6.45) is -0.492. The highest BCUT2D eigenvalue weighted by molar-refractivity contribution is 5.96. The number of rotatable bonds is 8. The second-order valence-corrected chi connectivity index (χ2v) is 11.6. The van der Waals surface area contributed by atoms with E-state index in [0.717, 1.165) is 25.7 Å². The number of halogens is 4. The van der Waals surface area contributed by atoms with E-state index in [2.05, 4.69) is 20.2 Å². The van der Waals surface area contributed by atoms with Gasteiger partial charge < -0.3 is 24.6 Å². The molecule has 228 valence electrons. The lowest BCUT2D eigenvalue weighted by Crippen LogP contribution is -2.65. The van der Waals surface area contributed by atoms with Crippen LogP contribution in [0.15, 0.2) is 42.7 Å². The van der Waals surface area contributed by atoms with E-state index < -0.39 is 17.6 Å². The standard InChI is InChI=1S/C30H32F4N6O3/c1-3-42-28-21(5-4-9-35-28)23-6-7-24(25(38-23)27(41)37-19-8-10-39(2)15-19)43-20-12-29(13-20)16-40(17-29)26-22(30(32,33)34)11-18(31)14-36-26/h4-7,9,11,14,19-20H,3,8,10,12-13,15-17H2,1-2H3,(H,37,41)/t19-/m1/s1. The number of ether oxygens (including phenoxy) is 2. The predicted molar refractivity (Wildman–Crippen MR) is 149 cm³/mol. The van der Waals surface area contributed by atoms with Crippen LogP contribution >= 0.6 is 0 Å². The molecule has 3 aliphatic rings. The summed E-state index contributed by atoms with van der Waals surface area (Å²) in [6, 6.07) is 7.54. The molecule has 3 aromatic heterocycles. The summed E-state index contributed by atoms with van der Waals surface area (Å²) in [5.41, 5.74) is 0.0151. The van der Waals surface area contributed by atoms with Gasteiger partial charge in [-0.1, -0.05) is 0 Å². The molecule has 13 heteroatoms. The summed E-state index contributed by atoms with van der Waals surface area (Å²) in [6.45, 7) is 4.61. The van der Waals surface area contributed by atoms with Crippen LogP contribution in [0.25, 0.3) is 11.3 Å². The second kappa shape index (κ2) is 11.3. The topological polar surface area (TPSA) is 92.7 Å². The number of likely N-dealkylation sites (tertiary alicyclic amines) is 1. The van der Waals surface area contributed by atoms with Crippen molar-refractivity contribution in [2.45, 2.75) is 44.5 Å². The average molecular weight is 601 g/mol. The molecule has 1 N–H and O–H groups in total. The van der Waals surface area contributed by atoms with Crippen molar-refractivity contribution in [3.8, 4) is 22.9 Å². The number of alkyl halides is 3. The Morgan fingerprint density at radius 3 is 2.67 bits per heavy atom. The van der Waals surface area contributed by atoms with Crippen LogP contribution < -0.4 is 19.7 Å². The van der Waals surface area contributed by atoms with E-state index in [1.165, 1.54) is 4.90 Å². The zero-order chi connectivity index (χ0) is 30.4. The number of nitrogens with zero attached hydrogens (tertiary/aromatic N) is 5. The Balaban J connectivity index is 1.18. The summed E-state index contributed by atoms with van der Waals surface area (Å²) in [7, 11) is 2.00. The van der Waals surface area contributed by atoms with Crippen molar-refractivity contribution in [3.05, 3.63) is 59.8 Å². The quantitative estimate of drug-likeness (QED) is 0.376. The van der Waals surface area contributed by atoms with E-state index in [-0.39, 0.29) is 35.0 Å². The lowest BCUT2D eigenvalue weighted by atomic mass is 9.61. The van der Waals surface area contributed by atoms with E-state index >= 15 is 0 Å². The molecule has 1 amide bonds. The van der Waals surface area contributed by atoms with Gasteiger partial charge in [-0.15, -0.1) is 0 Å². The first-order valence-corrected chi connectivity index (χ1v) is 14.3. The number of aromatic nitrogens is 3. The van der Waals surface area contributed by atoms with E-state index in [0.29, 0.717) is 61.5 Å². The molecule has 2 aliphatic heterocycles. The largest absolute Gasteiger partial charge is 0.488 e. The van der Waals surface area contributed by atoms with Crippen molar-refractivity contribution in [2.24, 2.45) is 5.41 Å². The van der Waals surface area contributed by atoms with E-state index in [9.17, 15) is 22.4 Å². The Morgan fingerprint density at radius 1 is 1.19 bits per heavy atom. The third-order valence-electron chi connectivity index (χ3n) is 8.23. The molecule has 1 atom stereocenters. The van der Waals surface area contributed by atoms with Crippen LogP contribution in [0.1, 0.15) is 42.2 Å². The molecule has 3 aromatic rings. The summed E-state index contributed by atoms with van der Waals surface area (Å²) >= 11 is 0. The predicted octanol–water partition coefficient (Wildman–Crippen LogP) is 4.58. The van der Waals surface area contributed by atoms with Gasteiger partial charge in [0, 0.05) is 37.3 Å². The Kier molecular flexibility index (Phi) is 7.61. The number of nitrogens with one attached hydrogen (secondary N) is 1. The molecule has 1 spiro atoms. The van der Waals surface area contributed by atoms with Gasteiger partial charge in [0.1, 0.15) is 23.3 Å². The number of amides is 1. The molecule has 5 heterocycles. The van der Waals surface area contributed by atoms with Crippen molar-refractivity contribution in [2.75, 3.05) is 44.7 Å². The number of anilines is 1. The lowest BCUT2D eigenvalue weighted by molar-refractivity contribution is -0.138. The SMILES string of the molecule is CCOc1ncccc1-c1ccc(OC2CC3(C2)CN(c2ncc(F)cc2C(F)(F)F)C3)c(C(=O)N[C@@H]2CCN(C)C2)n1. The van der Waals surface area contributed by atoms with Gasteiger partial charge in [0.2, 0.25) is 5.88 Å². The molecule has 2 saturated heterocycles. The van der Waals surface area contributed by atoms with Gasteiger partial charge in [0.05, 0.1) is 24.1 Å². The summed E-state index contributed by atoms with van der Waals surface area (Å²) < 4.78 is 65.9. The van der Waals surface area contributed by atoms with Gasteiger partial charge in [0.15, 0.2) is 11.4 Å². The van der Waals surface area contributed by atoms with Gasteiger partial charge in [-0.25, -0.2) is 19.3 Å². The van der Waals surface area contributed by atoms with Crippen LogP contribution in [0.4, 0.5) is 23.4 Å².